The summed E-state index contributed by atoms with van der Waals surface area (Å²) < 4.78 is 5.38. The molecule has 2 heteroatoms. The Hall–Kier alpha value is -0.530. The Morgan fingerprint density at radius 3 is 2.67 bits per heavy atom. The third kappa shape index (κ3) is 0.540. The van der Waals surface area contributed by atoms with Crippen molar-refractivity contribution < 1.29 is 9.53 Å². The van der Waals surface area contributed by atoms with Crippen LogP contribution >= 0.6 is 0 Å². The Kier molecular flexibility index (Phi) is 1.07. The minimum absolute atomic E-state index is 0.0874. The normalized spacial score (nSPS) is 61.0. The molecular weight excluding hydrogens is 152 g/mol. The maximum atomic E-state index is 11.4. The van der Waals surface area contributed by atoms with Gasteiger partial charge in [0.2, 0.25) is 0 Å². The first kappa shape index (κ1) is 6.93. The summed E-state index contributed by atoms with van der Waals surface area (Å²) in [7, 11) is 0. The van der Waals surface area contributed by atoms with Gasteiger partial charge in [-0.05, 0) is 24.2 Å². The minimum atomic E-state index is 0.0874. The summed E-state index contributed by atoms with van der Waals surface area (Å²) in [6, 6.07) is 0. The largest absolute Gasteiger partial charge is 0.462 e. The van der Waals surface area contributed by atoms with Crippen molar-refractivity contribution in [2.24, 2.45) is 29.6 Å². The quantitative estimate of drug-likeness (QED) is 0.509. The van der Waals surface area contributed by atoms with Gasteiger partial charge in [0.1, 0.15) is 6.10 Å². The molecule has 2 nitrogen and oxygen atoms in total. The van der Waals surface area contributed by atoms with Crippen molar-refractivity contribution in [2.75, 3.05) is 0 Å². The van der Waals surface area contributed by atoms with Crippen molar-refractivity contribution in [3.05, 3.63) is 0 Å². The van der Waals surface area contributed by atoms with E-state index in [1.165, 1.54) is 6.42 Å². The molecule has 0 aromatic heterocycles. The van der Waals surface area contributed by atoms with E-state index in [2.05, 4.69) is 13.8 Å². The van der Waals surface area contributed by atoms with Crippen LogP contribution in [0, 0.1) is 29.6 Å². The Morgan fingerprint density at radius 1 is 1.25 bits per heavy atom. The average molecular weight is 166 g/mol. The monoisotopic (exact) mass is 166 g/mol. The zero-order valence-corrected chi connectivity index (χ0v) is 7.49. The number of ether oxygens (including phenoxy) is 1. The lowest BCUT2D eigenvalue weighted by Gasteiger charge is -2.26. The third-order valence-corrected chi connectivity index (χ3v) is 4.39. The van der Waals surface area contributed by atoms with E-state index >= 15 is 0 Å². The smallest absolute Gasteiger partial charge is 0.309 e. The van der Waals surface area contributed by atoms with Gasteiger partial charge >= 0.3 is 5.97 Å². The van der Waals surface area contributed by atoms with Gasteiger partial charge in [-0.3, -0.25) is 4.79 Å². The number of hydrogen-bond donors (Lipinski definition) is 0. The molecule has 12 heavy (non-hydrogen) atoms. The van der Waals surface area contributed by atoms with Crippen LogP contribution in [0.5, 0.6) is 0 Å². The molecule has 1 saturated heterocycles. The highest BCUT2D eigenvalue weighted by molar-refractivity contribution is 5.77. The Bertz CT molecular complexity index is 248. The molecule has 6 atom stereocenters. The average Bonchev–Trinajstić information content (AvgIpc) is 2.56. The summed E-state index contributed by atoms with van der Waals surface area (Å²) in [5.41, 5.74) is 0. The lowest BCUT2D eigenvalue weighted by Crippen LogP contribution is -2.30. The van der Waals surface area contributed by atoms with E-state index < -0.39 is 0 Å². The van der Waals surface area contributed by atoms with Crippen LogP contribution in [0.4, 0.5) is 0 Å². The molecule has 3 rings (SSSR count). The second-order valence-electron chi connectivity index (χ2n) is 4.71. The molecule has 0 radical (unpaired) electrons. The molecule has 3 aliphatic rings. The van der Waals surface area contributed by atoms with Gasteiger partial charge in [-0.15, -0.1) is 0 Å². The van der Waals surface area contributed by atoms with E-state index in [0.29, 0.717) is 17.8 Å². The van der Waals surface area contributed by atoms with Crippen molar-refractivity contribution in [2.45, 2.75) is 26.4 Å². The van der Waals surface area contributed by atoms with Gasteiger partial charge in [0.05, 0.1) is 5.92 Å². The number of carbonyl (C=O) groups is 1. The van der Waals surface area contributed by atoms with Crippen LogP contribution in [0.2, 0.25) is 0 Å². The van der Waals surface area contributed by atoms with Gasteiger partial charge in [-0.1, -0.05) is 13.8 Å². The summed E-state index contributed by atoms with van der Waals surface area (Å²) in [6.45, 7) is 4.45. The van der Waals surface area contributed by atoms with Gasteiger partial charge < -0.3 is 4.74 Å². The number of rotatable bonds is 0. The van der Waals surface area contributed by atoms with Gasteiger partial charge in [-0.25, -0.2) is 0 Å². The number of hydrogen-bond acceptors (Lipinski definition) is 2. The molecule has 0 spiro atoms. The highest BCUT2D eigenvalue weighted by Crippen LogP contribution is 2.59. The highest BCUT2D eigenvalue weighted by atomic mass is 16.6. The molecule has 3 fully saturated rings. The fourth-order valence-electron chi connectivity index (χ4n) is 3.79. The second kappa shape index (κ2) is 1.86. The van der Waals surface area contributed by atoms with Crippen LogP contribution < -0.4 is 0 Å². The molecule has 2 saturated carbocycles. The van der Waals surface area contributed by atoms with Crippen molar-refractivity contribution in [1.29, 1.82) is 0 Å². The maximum absolute atomic E-state index is 11.4. The van der Waals surface area contributed by atoms with Crippen LogP contribution in [-0.2, 0) is 9.53 Å². The lowest BCUT2D eigenvalue weighted by atomic mass is 9.76. The van der Waals surface area contributed by atoms with Gasteiger partial charge in [0.15, 0.2) is 0 Å². The van der Waals surface area contributed by atoms with Crippen LogP contribution in [0.3, 0.4) is 0 Å². The predicted octanol–water partition coefficient (Wildman–Crippen LogP) is 1.45. The first-order valence-electron chi connectivity index (χ1n) is 4.90. The van der Waals surface area contributed by atoms with Gasteiger partial charge in [0, 0.05) is 5.92 Å². The highest BCUT2D eigenvalue weighted by Gasteiger charge is 2.63. The van der Waals surface area contributed by atoms with Crippen molar-refractivity contribution >= 4 is 5.97 Å². The topological polar surface area (TPSA) is 26.3 Å². The Morgan fingerprint density at radius 2 is 2.00 bits per heavy atom. The summed E-state index contributed by atoms with van der Waals surface area (Å²) in [5.74, 6) is 2.88. The second-order valence-corrected chi connectivity index (χ2v) is 4.71. The zero-order chi connectivity index (χ0) is 8.46. The van der Waals surface area contributed by atoms with Gasteiger partial charge in [0.25, 0.3) is 0 Å². The van der Waals surface area contributed by atoms with Crippen LogP contribution in [0.15, 0.2) is 0 Å². The fraction of sp³-hybridized carbons (Fsp3) is 0.900. The zero-order valence-electron chi connectivity index (χ0n) is 7.49. The van der Waals surface area contributed by atoms with E-state index in [4.69, 9.17) is 4.74 Å². The molecule has 2 bridgehead atoms. The number of carbonyl (C=O) groups excluding carboxylic acids is 1. The molecule has 1 aliphatic heterocycles. The molecule has 0 aromatic carbocycles. The fourth-order valence-corrected chi connectivity index (χ4v) is 3.79. The van der Waals surface area contributed by atoms with Crippen molar-refractivity contribution in [1.82, 2.24) is 0 Å². The maximum Gasteiger partial charge on any atom is 0.309 e. The molecule has 4 unspecified atom stereocenters. The summed E-state index contributed by atoms with van der Waals surface area (Å²) in [6.07, 6.45) is 1.52. The molecule has 1 heterocycles. The van der Waals surface area contributed by atoms with E-state index in [9.17, 15) is 4.79 Å². The summed E-state index contributed by atoms with van der Waals surface area (Å²) in [4.78, 5) is 11.4. The predicted molar refractivity (Wildman–Crippen MR) is 43.3 cm³/mol. The molecule has 2 aliphatic carbocycles. The molecule has 0 N–H and O–H groups in total. The molecule has 0 amide bonds. The first-order chi connectivity index (χ1) is 5.70. The number of fused-ring (bicyclic) bond motifs is 1. The van der Waals surface area contributed by atoms with Crippen molar-refractivity contribution in [3.8, 4) is 0 Å². The first-order valence-corrected chi connectivity index (χ1v) is 4.90. The van der Waals surface area contributed by atoms with Crippen LogP contribution in [0.25, 0.3) is 0 Å². The molecule has 66 valence electrons. The Balaban J connectivity index is 2.06. The molecule has 0 aromatic rings. The van der Waals surface area contributed by atoms with E-state index in [-0.39, 0.29) is 18.0 Å². The SMILES string of the molecule is C[C@@H]1C2OC(=O)C3C2CC1[C@@H]3C. The van der Waals surface area contributed by atoms with Crippen LogP contribution in [0.1, 0.15) is 20.3 Å². The third-order valence-electron chi connectivity index (χ3n) is 4.39. The number of esters is 1. The summed E-state index contributed by atoms with van der Waals surface area (Å²) >= 11 is 0. The standard InChI is InChI=1S/C10H14O2/c1-4-6-3-7-8(4)10(11)12-9(7)5(6)2/h4-9H,3H2,1-2H3/t4-,5-,6?,7?,8?,9?/m0/s1. The van der Waals surface area contributed by atoms with Gasteiger partial charge in [-0.2, -0.15) is 0 Å². The van der Waals surface area contributed by atoms with E-state index in [1.807, 2.05) is 0 Å². The minimum Gasteiger partial charge on any atom is -0.462 e. The Labute approximate surface area is 72.3 Å². The van der Waals surface area contributed by atoms with E-state index in [1.54, 1.807) is 0 Å². The molecular formula is C10H14O2. The summed E-state index contributed by atoms with van der Waals surface area (Å²) in [5, 5.41) is 0. The lowest BCUT2D eigenvalue weighted by molar-refractivity contribution is -0.144. The van der Waals surface area contributed by atoms with Crippen LogP contribution in [-0.4, -0.2) is 12.1 Å². The van der Waals surface area contributed by atoms with Crippen molar-refractivity contribution in [3.63, 3.8) is 0 Å². The van der Waals surface area contributed by atoms with E-state index in [0.717, 1.165) is 5.92 Å².